The van der Waals surface area contributed by atoms with Crippen molar-refractivity contribution < 1.29 is 9.32 Å². The topological polar surface area (TPSA) is 59.2 Å². The second kappa shape index (κ2) is 4.37. The van der Waals surface area contributed by atoms with Gasteiger partial charge in [-0.25, -0.2) is 0 Å². The van der Waals surface area contributed by atoms with E-state index in [4.69, 9.17) is 4.52 Å². The lowest BCUT2D eigenvalue weighted by Gasteiger charge is -2.23. The normalized spacial score (nSPS) is 23.9. The average molecular weight is 249 g/mol. The van der Waals surface area contributed by atoms with E-state index in [1.54, 1.807) is 0 Å². The minimum absolute atomic E-state index is 0.0000926. The summed E-state index contributed by atoms with van der Waals surface area (Å²) in [6.45, 7) is 4.67. The van der Waals surface area contributed by atoms with Gasteiger partial charge in [0.25, 0.3) is 0 Å². The smallest absolute Gasteiger partial charge is 0.249 e. The van der Waals surface area contributed by atoms with Gasteiger partial charge in [0.15, 0.2) is 5.82 Å². The molecule has 1 saturated heterocycles. The predicted octanol–water partition coefficient (Wildman–Crippen LogP) is 2.27. The minimum Gasteiger partial charge on any atom is -0.337 e. The Morgan fingerprint density at radius 2 is 2.17 bits per heavy atom. The zero-order valence-electron chi connectivity index (χ0n) is 10.9. The maximum absolute atomic E-state index is 12.1. The van der Waals surface area contributed by atoms with Gasteiger partial charge in [0, 0.05) is 18.4 Å². The zero-order chi connectivity index (χ0) is 12.7. The summed E-state index contributed by atoms with van der Waals surface area (Å²) < 4.78 is 5.36. The van der Waals surface area contributed by atoms with Gasteiger partial charge < -0.3 is 9.42 Å². The fourth-order valence-electron chi connectivity index (χ4n) is 2.51. The third kappa shape index (κ3) is 2.02. The molecule has 5 nitrogen and oxygen atoms in total. The minimum atomic E-state index is -0.0000926. The van der Waals surface area contributed by atoms with Gasteiger partial charge in [-0.15, -0.1) is 0 Å². The average Bonchev–Trinajstić information content (AvgIpc) is 2.92. The predicted molar refractivity (Wildman–Crippen MR) is 64.8 cm³/mol. The van der Waals surface area contributed by atoms with Crippen LogP contribution in [0.5, 0.6) is 0 Å². The highest BCUT2D eigenvalue weighted by molar-refractivity contribution is 5.78. The Balaban J connectivity index is 1.78. The highest BCUT2D eigenvalue weighted by atomic mass is 16.5. The second-order valence-electron chi connectivity index (χ2n) is 5.61. The van der Waals surface area contributed by atoms with E-state index in [0.29, 0.717) is 11.8 Å². The molecule has 1 atom stereocenters. The van der Waals surface area contributed by atoms with Crippen molar-refractivity contribution in [1.29, 1.82) is 0 Å². The maximum Gasteiger partial charge on any atom is 0.249 e. The largest absolute Gasteiger partial charge is 0.337 e. The van der Waals surface area contributed by atoms with E-state index >= 15 is 0 Å². The van der Waals surface area contributed by atoms with Gasteiger partial charge in [0.1, 0.15) is 6.04 Å². The van der Waals surface area contributed by atoms with Crippen LogP contribution in [0.3, 0.4) is 0 Å². The van der Waals surface area contributed by atoms with Crippen LogP contribution in [0.1, 0.15) is 63.2 Å². The lowest BCUT2D eigenvalue weighted by molar-refractivity contribution is -0.135. The van der Waals surface area contributed by atoms with E-state index in [2.05, 4.69) is 10.1 Å². The summed E-state index contributed by atoms with van der Waals surface area (Å²) in [4.78, 5) is 18.5. The molecule has 0 N–H and O–H groups in total. The highest BCUT2D eigenvalue weighted by Gasteiger charge is 2.36. The van der Waals surface area contributed by atoms with E-state index in [1.807, 2.05) is 18.7 Å². The van der Waals surface area contributed by atoms with Crippen molar-refractivity contribution in [2.45, 2.75) is 51.5 Å². The van der Waals surface area contributed by atoms with Crippen molar-refractivity contribution in [3.8, 4) is 0 Å². The summed E-state index contributed by atoms with van der Waals surface area (Å²) in [5.74, 6) is 2.16. The standard InChI is InChI=1S/C13H19N3O2/c1-8(2)13(17)16-7-3-4-10(16)12-14-11(15-18-12)9-5-6-9/h8-10H,3-7H2,1-2H3. The van der Waals surface area contributed by atoms with Crippen LogP contribution < -0.4 is 0 Å². The van der Waals surface area contributed by atoms with Crippen molar-refractivity contribution >= 4 is 5.91 Å². The molecule has 18 heavy (non-hydrogen) atoms. The van der Waals surface area contributed by atoms with Gasteiger partial charge in [0.2, 0.25) is 11.8 Å². The lowest BCUT2D eigenvalue weighted by atomic mass is 10.1. The lowest BCUT2D eigenvalue weighted by Crippen LogP contribution is -2.33. The molecule has 2 fully saturated rings. The van der Waals surface area contributed by atoms with E-state index in [9.17, 15) is 4.79 Å². The summed E-state index contributed by atoms with van der Waals surface area (Å²) in [7, 11) is 0. The van der Waals surface area contributed by atoms with Crippen LogP contribution in [0.2, 0.25) is 0 Å². The van der Waals surface area contributed by atoms with Gasteiger partial charge in [-0.05, 0) is 25.7 Å². The molecule has 1 aromatic heterocycles. The Hall–Kier alpha value is -1.39. The molecule has 98 valence electrons. The monoisotopic (exact) mass is 249 g/mol. The summed E-state index contributed by atoms with van der Waals surface area (Å²) >= 11 is 0. The van der Waals surface area contributed by atoms with Crippen LogP contribution in [-0.2, 0) is 4.79 Å². The van der Waals surface area contributed by atoms with E-state index in [-0.39, 0.29) is 17.9 Å². The Labute approximate surface area is 107 Å². The molecule has 2 heterocycles. The van der Waals surface area contributed by atoms with Crippen LogP contribution >= 0.6 is 0 Å². The molecule has 0 aromatic carbocycles. The maximum atomic E-state index is 12.1. The van der Waals surface area contributed by atoms with Crippen molar-refractivity contribution in [3.05, 3.63) is 11.7 Å². The van der Waals surface area contributed by atoms with Crippen LogP contribution in [0.15, 0.2) is 4.52 Å². The summed E-state index contributed by atoms with van der Waals surface area (Å²) in [6, 6.07) is -0.0000926. The van der Waals surface area contributed by atoms with Crippen LogP contribution in [0.25, 0.3) is 0 Å². The first-order valence-electron chi connectivity index (χ1n) is 6.81. The molecule has 1 aliphatic heterocycles. The Morgan fingerprint density at radius 1 is 1.39 bits per heavy atom. The number of carbonyl (C=O) groups excluding carboxylic acids is 1. The molecule has 1 aromatic rings. The summed E-state index contributed by atoms with van der Waals surface area (Å²) in [6.07, 6.45) is 4.28. The SMILES string of the molecule is CC(C)C(=O)N1CCCC1c1nc(C2CC2)no1. The molecule has 2 aliphatic rings. The Morgan fingerprint density at radius 3 is 2.83 bits per heavy atom. The van der Waals surface area contributed by atoms with Gasteiger partial charge in [-0.2, -0.15) is 4.98 Å². The number of aromatic nitrogens is 2. The number of rotatable bonds is 3. The number of hydrogen-bond acceptors (Lipinski definition) is 4. The van der Waals surface area contributed by atoms with E-state index < -0.39 is 0 Å². The molecule has 1 unspecified atom stereocenters. The zero-order valence-corrected chi connectivity index (χ0v) is 10.9. The van der Waals surface area contributed by atoms with E-state index in [0.717, 1.165) is 38.1 Å². The molecule has 3 rings (SSSR count). The quantitative estimate of drug-likeness (QED) is 0.824. The van der Waals surface area contributed by atoms with Gasteiger partial charge in [0.05, 0.1) is 0 Å². The van der Waals surface area contributed by atoms with Crippen LogP contribution in [0, 0.1) is 5.92 Å². The van der Waals surface area contributed by atoms with Gasteiger partial charge in [-0.3, -0.25) is 4.79 Å². The number of nitrogens with zero attached hydrogens (tertiary/aromatic N) is 3. The molecule has 1 aliphatic carbocycles. The second-order valence-corrected chi connectivity index (χ2v) is 5.61. The fraction of sp³-hybridized carbons (Fsp3) is 0.769. The molecule has 5 heteroatoms. The number of carbonyl (C=O) groups is 1. The number of hydrogen-bond donors (Lipinski definition) is 0. The molecular weight excluding hydrogens is 230 g/mol. The highest BCUT2D eigenvalue weighted by Crippen LogP contribution is 2.39. The fourth-order valence-corrected chi connectivity index (χ4v) is 2.51. The molecule has 1 amide bonds. The number of amides is 1. The summed E-state index contributed by atoms with van der Waals surface area (Å²) in [5.41, 5.74) is 0. The Kier molecular flexibility index (Phi) is 2.84. The Bertz CT molecular complexity index is 451. The molecular formula is C13H19N3O2. The third-order valence-electron chi connectivity index (χ3n) is 3.71. The van der Waals surface area contributed by atoms with Crippen molar-refractivity contribution in [1.82, 2.24) is 15.0 Å². The van der Waals surface area contributed by atoms with Crippen LogP contribution in [0.4, 0.5) is 0 Å². The number of likely N-dealkylation sites (tertiary alicyclic amines) is 1. The first-order valence-corrected chi connectivity index (χ1v) is 6.81. The first kappa shape index (κ1) is 11.7. The summed E-state index contributed by atoms with van der Waals surface area (Å²) in [5, 5.41) is 4.04. The van der Waals surface area contributed by atoms with Crippen molar-refractivity contribution in [2.24, 2.45) is 5.92 Å². The van der Waals surface area contributed by atoms with Gasteiger partial charge in [-0.1, -0.05) is 19.0 Å². The molecule has 0 radical (unpaired) electrons. The van der Waals surface area contributed by atoms with Crippen molar-refractivity contribution in [2.75, 3.05) is 6.54 Å². The first-order chi connectivity index (χ1) is 8.66. The molecule has 1 saturated carbocycles. The van der Waals surface area contributed by atoms with Gasteiger partial charge >= 0.3 is 0 Å². The van der Waals surface area contributed by atoms with Crippen LogP contribution in [-0.4, -0.2) is 27.5 Å². The molecule has 0 spiro atoms. The van der Waals surface area contributed by atoms with Crippen molar-refractivity contribution in [3.63, 3.8) is 0 Å². The van der Waals surface area contributed by atoms with E-state index in [1.165, 1.54) is 0 Å². The third-order valence-corrected chi connectivity index (χ3v) is 3.71. The molecule has 0 bridgehead atoms.